The molecule has 0 aliphatic carbocycles. The topological polar surface area (TPSA) is 0 Å². The Hall–Kier alpha value is -1.00. The molecule has 0 N–H and O–H groups in total. The molecule has 68 valence electrons. The van der Waals surface area contributed by atoms with Gasteiger partial charge in [-0.25, -0.2) is 0 Å². The number of benzene rings is 1. The molecule has 14 heavy (non-hydrogen) atoms. The van der Waals surface area contributed by atoms with E-state index in [1.165, 1.54) is 4.46 Å². The van der Waals surface area contributed by atoms with Crippen LogP contribution < -0.4 is 4.46 Å². The molecule has 1 aromatic heterocycles. The first-order valence-corrected chi connectivity index (χ1v) is 6.86. The molecule has 1 aromatic carbocycles. The zero-order chi connectivity index (χ0) is 9.64. The van der Waals surface area contributed by atoms with Gasteiger partial charge >= 0.3 is 94.2 Å². The van der Waals surface area contributed by atoms with Crippen LogP contribution in [0.1, 0.15) is 5.56 Å². The monoisotopic (exact) mass is 264 g/mol. The van der Waals surface area contributed by atoms with Gasteiger partial charge in [-0.1, -0.05) is 0 Å². The van der Waals surface area contributed by atoms with Gasteiger partial charge in [0, 0.05) is 0 Å². The van der Waals surface area contributed by atoms with Crippen molar-refractivity contribution in [2.45, 2.75) is 0 Å². The molecule has 1 heterocycles. The fraction of sp³-hybridized carbons (Fsp3) is 0. The number of hydrogen-bond donors (Lipinski definition) is 0. The van der Waals surface area contributed by atoms with E-state index in [2.05, 4.69) is 51.8 Å². The number of thiophene rings is 1. The van der Waals surface area contributed by atoms with E-state index in [0.29, 0.717) is 0 Å². The average molecular weight is 263 g/mol. The van der Waals surface area contributed by atoms with Gasteiger partial charge in [0.2, 0.25) is 0 Å². The van der Waals surface area contributed by atoms with Crippen molar-refractivity contribution in [2.75, 3.05) is 0 Å². The molecule has 0 radical (unpaired) electrons. The minimum absolute atomic E-state index is 0.281. The molecule has 0 fully saturated rings. The average Bonchev–Trinajstić information content (AvgIpc) is 2.72. The fourth-order valence-electron chi connectivity index (χ4n) is 0.967. The van der Waals surface area contributed by atoms with Crippen molar-refractivity contribution in [3.05, 3.63) is 52.7 Å². The molecule has 0 spiro atoms. The van der Waals surface area contributed by atoms with Crippen LogP contribution in [0.5, 0.6) is 0 Å². The first kappa shape index (κ1) is 9.55. The van der Waals surface area contributed by atoms with Crippen molar-refractivity contribution in [1.29, 1.82) is 0 Å². The van der Waals surface area contributed by atoms with Crippen LogP contribution >= 0.6 is 11.3 Å². The Morgan fingerprint density at radius 1 is 1.07 bits per heavy atom. The molecule has 0 saturated carbocycles. The summed E-state index contributed by atoms with van der Waals surface area (Å²) in [7, 11) is 0. The number of hydrogen-bond acceptors (Lipinski definition) is 1. The first-order chi connectivity index (χ1) is 6.95. The molecular formula is C12H8SSe. The van der Waals surface area contributed by atoms with E-state index in [1.807, 2.05) is 6.07 Å². The second kappa shape index (κ2) is 5.02. The van der Waals surface area contributed by atoms with E-state index in [0.717, 1.165) is 5.56 Å². The summed E-state index contributed by atoms with van der Waals surface area (Å²) >= 11 is 1.97. The first-order valence-electron chi connectivity index (χ1n) is 4.20. The van der Waals surface area contributed by atoms with E-state index in [1.54, 1.807) is 11.3 Å². The standard InChI is InChI=1S/C12H8SSe/c1-2-4-12(5-3-1)14-9-7-11-6-8-13-10-11/h1-6,8,10H. The van der Waals surface area contributed by atoms with Crippen molar-refractivity contribution < 1.29 is 0 Å². The quantitative estimate of drug-likeness (QED) is 0.546. The van der Waals surface area contributed by atoms with Crippen LogP contribution in [-0.2, 0) is 0 Å². The molecule has 2 aromatic rings. The van der Waals surface area contributed by atoms with Crippen LogP contribution in [0.15, 0.2) is 47.2 Å². The summed E-state index contributed by atoms with van der Waals surface area (Å²) in [4.78, 5) is 3.22. The Bertz CT molecular complexity index is 434. The maximum atomic E-state index is 3.22. The van der Waals surface area contributed by atoms with Crippen molar-refractivity contribution in [3.63, 3.8) is 0 Å². The molecule has 0 nitrogen and oxygen atoms in total. The summed E-state index contributed by atoms with van der Waals surface area (Å²) in [6.07, 6.45) is 0. The van der Waals surface area contributed by atoms with Gasteiger partial charge in [0.25, 0.3) is 0 Å². The molecule has 2 rings (SSSR count). The Morgan fingerprint density at radius 2 is 1.93 bits per heavy atom. The van der Waals surface area contributed by atoms with Gasteiger partial charge in [-0.15, -0.1) is 0 Å². The third kappa shape index (κ3) is 2.75. The van der Waals surface area contributed by atoms with Gasteiger partial charge in [-0.3, -0.25) is 0 Å². The minimum atomic E-state index is 0.281. The summed E-state index contributed by atoms with van der Waals surface area (Å²) in [5.41, 5.74) is 1.13. The zero-order valence-electron chi connectivity index (χ0n) is 7.44. The Labute approximate surface area is 94.1 Å². The van der Waals surface area contributed by atoms with Crippen LogP contribution in [0.25, 0.3) is 0 Å². The van der Waals surface area contributed by atoms with Crippen LogP contribution in [0.3, 0.4) is 0 Å². The van der Waals surface area contributed by atoms with Gasteiger partial charge in [0.05, 0.1) is 0 Å². The van der Waals surface area contributed by atoms with Crippen molar-refractivity contribution in [1.82, 2.24) is 0 Å². The molecule has 0 unspecified atom stereocenters. The summed E-state index contributed by atoms with van der Waals surface area (Å²) in [5.74, 6) is 3.16. The molecule has 0 aliphatic rings. The van der Waals surface area contributed by atoms with Gasteiger partial charge in [-0.05, 0) is 0 Å². The molecular weight excluding hydrogens is 255 g/mol. The zero-order valence-corrected chi connectivity index (χ0v) is 9.96. The van der Waals surface area contributed by atoms with Crippen LogP contribution in [0.2, 0.25) is 0 Å². The van der Waals surface area contributed by atoms with Crippen molar-refractivity contribution >= 4 is 30.8 Å². The SMILES string of the molecule is C(#Cc1ccsc1)[Se]c1ccccc1. The third-order valence-electron chi connectivity index (χ3n) is 1.63. The Balaban J connectivity index is 2.01. The van der Waals surface area contributed by atoms with E-state index in [-0.39, 0.29) is 15.0 Å². The van der Waals surface area contributed by atoms with Gasteiger partial charge in [0.15, 0.2) is 0 Å². The summed E-state index contributed by atoms with van der Waals surface area (Å²) < 4.78 is 1.34. The van der Waals surface area contributed by atoms with Crippen molar-refractivity contribution in [2.24, 2.45) is 0 Å². The summed E-state index contributed by atoms with van der Waals surface area (Å²) in [5, 5.41) is 4.13. The van der Waals surface area contributed by atoms with Gasteiger partial charge in [-0.2, -0.15) is 0 Å². The maximum absolute atomic E-state index is 3.22. The predicted molar refractivity (Wildman–Crippen MR) is 63.0 cm³/mol. The molecule has 0 aliphatic heterocycles. The fourth-order valence-corrected chi connectivity index (χ4v) is 2.77. The van der Waals surface area contributed by atoms with Gasteiger partial charge < -0.3 is 0 Å². The van der Waals surface area contributed by atoms with Gasteiger partial charge in [0.1, 0.15) is 0 Å². The van der Waals surface area contributed by atoms with Crippen LogP contribution in [0, 0.1) is 10.7 Å². The van der Waals surface area contributed by atoms with Crippen LogP contribution in [-0.4, -0.2) is 15.0 Å². The van der Waals surface area contributed by atoms with E-state index in [9.17, 15) is 0 Å². The Kier molecular flexibility index (Phi) is 3.43. The van der Waals surface area contributed by atoms with Crippen molar-refractivity contribution in [3.8, 4) is 10.7 Å². The van der Waals surface area contributed by atoms with E-state index < -0.39 is 0 Å². The van der Waals surface area contributed by atoms with Crippen LogP contribution in [0.4, 0.5) is 0 Å². The summed E-state index contributed by atoms with van der Waals surface area (Å²) in [6, 6.07) is 12.5. The molecule has 0 amide bonds. The number of rotatable bonds is 1. The second-order valence-corrected chi connectivity index (χ2v) is 5.28. The predicted octanol–water partition coefficient (Wildman–Crippen LogP) is 2.09. The molecule has 2 heteroatoms. The Morgan fingerprint density at radius 3 is 2.64 bits per heavy atom. The molecule has 0 saturated heterocycles. The van der Waals surface area contributed by atoms with E-state index >= 15 is 0 Å². The summed E-state index contributed by atoms with van der Waals surface area (Å²) in [6.45, 7) is 0. The third-order valence-corrected chi connectivity index (χ3v) is 3.81. The van der Waals surface area contributed by atoms with E-state index in [4.69, 9.17) is 0 Å². The normalized spacial score (nSPS) is 9.14. The molecule has 0 atom stereocenters. The molecule has 0 bridgehead atoms. The second-order valence-electron chi connectivity index (χ2n) is 2.65.